The van der Waals surface area contributed by atoms with Gasteiger partial charge in [-0.15, -0.1) is 0 Å². The maximum atomic E-state index is 12.1. The van der Waals surface area contributed by atoms with Crippen LogP contribution in [-0.2, 0) is 19.1 Å². The highest BCUT2D eigenvalue weighted by molar-refractivity contribution is 5.80. The molecule has 0 aromatic rings. The standard InChI is InChI=1S/C14H24N2O4/c1-4-20-14(19)12-10-16(13(18)9-11(2)3)6-5-15(12)7-8-17/h8,11-12H,4-7,9-10H2,1-3H3. The molecule has 0 radical (unpaired) electrons. The van der Waals surface area contributed by atoms with Gasteiger partial charge in [0, 0.05) is 26.1 Å². The second-order valence-corrected chi connectivity index (χ2v) is 5.37. The maximum Gasteiger partial charge on any atom is 0.325 e. The second kappa shape index (κ2) is 7.99. The van der Waals surface area contributed by atoms with Gasteiger partial charge < -0.3 is 14.4 Å². The Bertz CT molecular complexity index is 357. The molecule has 0 saturated carbocycles. The summed E-state index contributed by atoms with van der Waals surface area (Å²) in [4.78, 5) is 38.2. The zero-order valence-electron chi connectivity index (χ0n) is 12.5. The number of hydrogen-bond acceptors (Lipinski definition) is 5. The first-order chi connectivity index (χ1) is 9.49. The van der Waals surface area contributed by atoms with Crippen LogP contribution in [0.15, 0.2) is 0 Å². The molecule has 20 heavy (non-hydrogen) atoms. The Labute approximate surface area is 120 Å². The normalized spacial score (nSPS) is 20.0. The first kappa shape index (κ1) is 16.6. The van der Waals surface area contributed by atoms with Crippen molar-refractivity contribution in [3.05, 3.63) is 0 Å². The third kappa shape index (κ3) is 4.59. The smallest absolute Gasteiger partial charge is 0.325 e. The SMILES string of the molecule is CCOC(=O)C1CN(C(=O)CC(C)C)CCN1CC=O. The minimum atomic E-state index is -0.537. The minimum Gasteiger partial charge on any atom is -0.465 e. The molecule has 6 nitrogen and oxygen atoms in total. The van der Waals surface area contributed by atoms with Crippen LogP contribution in [0.1, 0.15) is 27.2 Å². The van der Waals surface area contributed by atoms with E-state index in [4.69, 9.17) is 4.74 Å². The number of carbonyl (C=O) groups excluding carboxylic acids is 3. The molecule has 1 heterocycles. The molecule has 1 aliphatic heterocycles. The summed E-state index contributed by atoms with van der Waals surface area (Å²) in [7, 11) is 0. The fourth-order valence-corrected chi connectivity index (χ4v) is 2.30. The molecule has 1 rings (SSSR count). The number of amides is 1. The molecule has 1 saturated heterocycles. The fourth-order valence-electron chi connectivity index (χ4n) is 2.30. The molecule has 0 aromatic carbocycles. The van der Waals surface area contributed by atoms with Crippen molar-refractivity contribution in [2.24, 2.45) is 5.92 Å². The van der Waals surface area contributed by atoms with E-state index in [0.29, 0.717) is 32.7 Å². The molecule has 114 valence electrons. The van der Waals surface area contributed by atoms with E-state index in [1.807, 2.05) is 13.8 Å². The Kier molecular flexibility index (Phi) is 6.64. The topological polar surface area (TPSA) is 66.9 Å². The first-order valence-electron chi connectivity index (χ1n) is 7.11. The van der Waals surface area contributed by atoms with E-state index in [1.165, 1.54) is 0 Å². The van der Waals surface area contributed by atoms with E-state index in [0.717, 1.165) is 6.29 Å². The average molecular weight is 284 g/mol. The molecule has 1 unspecified atom stereocenters. The van der Waals surface area contributed by atoms with Gasteiger partial charge in [-0.3, -0.25) is 14.5 Å². The number of ether oxygens (including phenoxy) is 1. The Morgan fingerprint density at radius 1 is 1.35 bits per heavy atom. The van der Waals surface area contributed by atoms with Gasteiger partial charge in [-0.25, -0.2) is 0 Å². The summed E-state index contributed by atoms with van der Waals surface area (Å²) in [5.41, 5.74) is 0. The van der Waals surface area contributed by atoms with E-state index < -0.39 is 6.04 Å². The van der Waals surface area contributed by atoms with Crippen LogP contribution < -0.4 is 0 Å². The lowest BCUT2D eigenvalue weighted by molar-refractivity contribution is -0.154. The lowest BCUT2D eigenvalue weighted by Gasteiger charge is -2.39. The molecule has 1 amide bonds. The van der Waals surface area contributed by atoms with Crippen LogP contribution in [0.3, 0.4) is 0 Å². The number of carbonyl (C=O) groups is 3. The summed E-state index contributed by atoms with van der Waals surface area (Å²) in [6.07, 6.45) is 1.25. The summed E-state index contributed by atoms with van der Waals surface area (Å²) in [5.74, 6) is -0.0204. The van der Waals surface area contributed by atoms with Crippen molar-refractivity contribution in [3.63, 3.8) is 0 Å². The van der Waals surface area contributed by atoms with Crippen LogP contribution in [0.2, 0.25) is 0 Å². The van der Waals surface area contributed by atoms with E-state index >= 15 is 0 Å². The molecular weight excluding hydrogens is 260 g/mol. The molecule has 6 heteroatoms. The van der Waals surface area contributed by atoms with Crippen LogP contribution in [0, 0.1) is 5.92 Å². The monoisotopic (exact) mass is 284 g/mol. The van der Waals surface area contributed by atoms with Crippen molar-refractivity contribution in [2.75, 3.05) is 32.8 Å². The van der Waals surface area contributed by atoms with Crippen molar-refractivity contribution in [1.82, 2.24) is 9.80 Å². The lowest BCUT2D eigenvalue weighted by Crippen LogP contribution is -2.58. The van der Waals surface area contributed by atoms with Gasteiger partial charge in [0.25, 0.3) is 0 Å². The van der Waals surface area contributed by atoms with E-state index in [-0.39, 0.29) is 24.3 Å². The third-order valence-corrected chi connectivity index (χ3v) is 3.29. The molecule has 1 fully saturated rings. The molecule has 0 aromatic heterocycles. The Morgan fingerprint density at radius 2 is 2.05 bits per heavy atom. The Balaban J connectivity index is 2.71. The number of nitrogens with zero attached hydrogens (tertiary/aromatic N) is 2. The zero-order valence-corrected chi connectivity index (χ0v) is 12.5. The number of hydrogen-bond donors (Lipinski definition) is 0. The van der Waals surface area contributed by atoms with Crippen molar-refractivity contribution in [3.8, 4) is 0 Å². The van der Waals surface area contributed by atoms with Crippen molar-refractivity contribution < 1.29 is 19.1 Å². The second-order valence-electron chi connectivity index (χ2n) is 5.37. The molecular formula is C14H24N2O4. The van der Waals surface area contributed by atoms with Crippen molar-refractivity contribution in [2.45, 2.75) is 33.2 Å². The molecule has 1 atom stereocenters. The van der Waals surface area contributed by atoms with Crippen LogP contribution in [0.4, 0.5) is 0 Å². The maximum absolute atomic E-state index is 12.1. The molecule has 0 spiro atoms. The zero-order chi connectivity index (χ0) is 15.1. The number of aldehydes is 1. The fraction of sp³-hybridized carbons (Fsp3) is 0.786. The quantitative estimate of drug-likeness (QED) is 0.518. The number of esters is 1. The van der Waals surface area contributed by atoms with Crippen molar-refractivity contribution >= 4 is 18.2 Å². The summed E-state index contributed by atoms with van der Waals surface area (Å²) >= 11 is 0. The largest absolute Gasteiger partial charge is 0.465 e. The molecule has 0 N–H and O–H groups in total. The van der Waals surface area contributed by atoms with E-state index in [2.05, 4.69) is 0 Å². The van der Waals surface area contributed by atoms with Gasteiger partial charge in [0.15, 0.2) is 0 Å². The summed E-state index contributed by atoms with van der Waals surface area (Å²) in [6.45, 7) is 7.58. The van der Waals surface area contributed by atoms with Gasteiger partial charge in [0.05, 0.1) is 13.2 Å². The summed E-state index contributed by atoms with van der Waals surface area (Å²) in [6, 6.07) is -0.537. The highest BCUT2D eigenvalue weighted by Gasteiger charge is 2.34. The van der Waals surface area contributed by atoms with Gasteiger partial charge in [-0.2, -0.15) is 0 Å². The average Bonchev–Trinajstić information content (AvgIpc) is 2.38. The Morgan fingerprint density at radius 3 is 2.60 bits per heavy atom. The van der Waals surface area contributed by atoms with Gasteiger partial charge in [-0.05, 0) is 12.8 Å². The third-order valence-electron chi connectivity index (χ3n) is 3.29. The van der Waals surface area contributed by atoms with Crippen LogP contribution in [0.5, 0.6) is 0 Å². The van der Waals surface area contributed by atoms with Gasteiger partial charge in [-0.1, -0.05) is 13.8 Å². The van der Waals surface area contributed by atoms with Crippen LogP contribution in [-0.4, -0.2) is 66.8 Å². The molecule has 1 aliphatic rings. The predicted molar refractivity (Wildman–Crippen MR) is 74.1 cm³/mol. The van der Waals surface area contributed by atoms with E-state index in [9.17, 15) is 14.4 Å². The molecule has 0 bridgehead atoms. The highest BCUT2D eigenvalue weighted by atomic mass is 16.5. The van der Waals surface area contributed by atoms with Gasteiger partial charge in [0.1, 0.15) is 12.3 Å². The van der Waals surface area contributed by atoms with Gasteiger partial charge in [0.2, 0.25) is 5.91 Å². The molecule has 0 aliphatic carbocycles. The predicted octanol–water partition coefficient (Wildman–Crippen LogP) is 0.307. The van der Waals surface area contributed by atoms with Crippen LogP contribution >= 0.6 is 0 Å². The summed E-state index contributed by atoms with van der Waals surface area (Å²) in [5, 5.41) is 0. The number of rotatable bonds is 6. The first-order valence-corrected chi connectivity index (χ1v) is 7.11. The lowest BCUT2D eigenvalue weighted by atomic mass is 10.1. The number of piperazine rings is 1. The van der Waals surface area contributed by atoms with Gasteiger partial charge >= 0.3 is 5.97 Å². The summed E-state index contributed by atoms with van der Waals surface area (Å²) < 4.78 is 5.03. The minimum absolute atomic E-state index is 0.0556. The highest BCUT2D eigenvalue weighted by Crippen LogP contribution is 2.14. The van der Waals surface area contributed by atoms with E-state index in [1.54, 1.807) is 16.7 Å². The van der Waals surface area contributed by atoms with Crippen molar-refractivity contribution in [1.29, 1.82) is 0 Å². The Hall–Kier alpha value is -1.43. The van der Waals surface area contributed by atoms with Crippen LogP contribution in [0.25, 0.3) is 0 Å².